The third kappa shape index (κ3) is 3.08. The van der Waals surface area contributed by atoms with Gasteiger partial charge in [0.1, 0.15) is 0 Å². The quantitative estimate of drug-likeness (QED) is 0.936. The van der Waals surface area contributed by atoms with Crippen LogP contribution in [0.4, 0.5) is 5.13 Å². The van der Waals surface area contributed by atoms with Gasteiger partial charge in [0.05, 0.1) is 6.10 Å². The highest BCUT2D eigenvalue weighted by atomic mass is 32.1. The van der Waals surface area contributed by atoms with Crippen LogP contribution in [0.5, 0.6) is 0 Å². The van der Waals surface area contributed by atoms with Crippen LogP contribution < -0.4 is 10.9 Å². The van der Waals surface area contributed by atoms with Gasteiger partial charge in [-0.25, -0.2) is 4.98 Å². The molecule has 0 aromatic carbocycles. The van der Waals surface area contributed by atoms with Crippen molar-refractivity contribution in [2.45, 2.75) is 51.2 Å². The number of methoxy groups -OCH3 is 1. The number of aryl methyl sites for hydroxylation is 1. The zero-order valence-corrected chi connectivity index (χ0v) is 13.2. The van der Waals surface area contributed by atoms with Crippen molar-refractivity contribution in [2.75, 3.05) is 12.4 Å². The summed E-state index contributed by atoms with van der Waals surface area (Å²) in [6, 6.07) is 1.91. The molecule has 6 nitrogen and oxygen atoms in total. The summed E-state index contributed by atoms with van der Waals surface area (Å²) in [5.41, 5.74) is 0.701. The second kappa shape index (κ2) is 6.11. The topological polar surface area (TPSA) is 68.5 Å². The van der Waals surface area contributed by atoms with Gasteiger partial charge < -0.3 is 10.1 Å². The molecule has 2 heterocycles. The highest BCUT2D eigenvalue weighted by Crippen LogP contribution is 2.25. The standard InChI is InChI=1S/C14H20N4O2S/c1-3-9-8-12(19)18-14(16-9)21-13(17-18)15-10-5-4-6-11(7-10)20-2/h8,10-11H,3-7H2,1-2H3,(H,15,17). The maximum absolute atomic E-state index is 12.0. The molecule has 21 heavy (non-hydrogen) atoms. The Labute approximate surface area is 127 Å². The zero-order valence-electron chi connectivity index (χ0n) is 12.3. The molecule has 114 valence electrons. The summed E-state index contributed by atoms with van der Waals surface area (Å²) in [7, 11) is 1.76. The van der Waals surface area contributed by atoms with Crippen LogP contribution in [0.25, 0.3) is 4.96 Å². The van der Waals surface area contributed by atoms with Gasteiger partial charge >= 0.3 is 0 Å². The summed E-state index contributed by atoms with van der Waals surface area (Å²) >= 11 is 1.43. The smallest absolute Gasteiger partial charge is 0.275 e. The number of ether oxygens (including phenoxy) is 1. The van der Waals surface area contributed by atoms with Gasteiger partial charge in [0.2, 0.25) is 10.1 Å². The minimum Gasteiger partial charge on any atom is -0.381 e. The van der Waals surface area contributed by atoms with E-state index in [-0.39, 0.29) is 5.56 Å². The molecule has 2 unspecified atom stereocenters. The third-order valence-electron chi connectivity index (χ3n) is 3.95. The van der Waals surface area contributed by atoms with E-state index in [1.54, 1.807) is 13.2 Å². The van der Waals surface area contributed by atoms with Gasteiger partial charge in [-0.1, -0.05) is 18.3 Å². The molecule has 1 saturated carbocycles. The van der Waals surface area contributed by atoms with Gasteiger partial charge in [0.25, 0.3) is 5.56 Å². The fourth-order valence-electron chi connectivity index (χ4n) is 2.76. The van der Waals surface area contributed by atoms with Crippen molar-refractivity contribution >= 4 is 21.4 Å². The molecule has 0 spiro atoms. The Bertz CT molecular complexity index is 681. The predicted molar refractivity (Wildman–Crippen MR) is 83.2 cm³/mol. The summed E-state index contributed by atoms with van der Waals surface area (Å²) in [5, 5.41) is 8.53. The van der Waals surface area contributed by atoms with Crippen LogP contribution in [-0.2, 0) is 11.2 Å². The largest absolute Gasteiger partial charge is 0.381 e. The number of anilines is 1. The van der Waals surface area contributed by atoms with Gasteiger partial charge in [-0.2, -0.15) is 4.52 Å². The predicted octanol–water partition coefficient (Wildman–Crippen LogP) is 2.08. The van der Waals surface area contributed by atoms with Crippen molar-refractivity contribution < 1.29 is 4.74 Å². The molecule has 0 radical (unpaired) electrons. The molecule has 2 aromatic rings. The van der Waals surface area contributed by atoms with E-state index < -0.39 is 0 Å². The highest BCUT2D eigenvalue weighted by molar-refractivity contribution is 7.20. The lowest BCUT2D eigenvalue weighted by atomic mass is 9.93. The first-order valence-corrected chi connectivity index (χ1v) is 8.20. The summed E-state index contributed by atoms with van der Waals surface area (Å²) in [6.45, 7) is 1.99. The van der Waals surface area contributed by atoms with Crippen molar-refractivity contribution in [1.82, 2.24) is 14.6 Å². The Morgan fingerprint density at radius 2 is 2.38 bits per heavy atom. The maximum Gasteiger partial charge on any atom is 0.275 e. The lowest BCUT2D eigenvalue weighted by Gasteiger charge is -2.28. The molecule has 1 N–H and O–H groups in total. The van der Waals surface area contributed by atoms with Gasteiger partial charge in [0.15, 0.2) is 0 Å². The van der Waals surface area contributed by atoms with E-state index in [1.165, 1.54) is 15.9 Å². The van der Waals surface area contributed by atoms with Gasteiger partial charge in [-0.15, -0.1) is 5.10 Å². The molecule has 0 aliphatic heterocycles. The van der Waals surface area contributed by atoms with Gasteiger partial charge in [-0.05, 0) is 32.1 Å². The second-order valence-electron chi connectivity index (χ2n) is 5.41. The van der Waals surface area contributed by atoms with E-state index in [0.717, 1.165) is 42.9 Å². The van der Waals surface area contributed by atoms with E-state index in [4.69, 9.17) is 4.74 Å². The van der Waals surface area contributed by atoms with Crippen LogP contribution in [0.2, 0.25) is 0 Å². The molecular weight excluding hydrogens is 288 g/mol. The van der Waals surface area contributed by atoms with Crippen LogP contribution in [-0.4, -0.2) is 33.9 Å². The summed E-state index contributed by atoms with van der Waals surface area (Å²) in [6.07, 6.45) is 5.44. The molecule has 2 atom stereocenters. The molecule has 7 heteroatoms. The summed E-state index contributed by atoms with van der Waals surface area (Å²) in [4.78, 5) is 17.1. The fourth-order valence-corrected chi connectivity index (χ4v) is 3.66. The number of fused-ring (bicyclic) bond motifs is 1. The number of nitrogens with one attached hydrogen (secondary N) is 1. The fraction of sp³-hybridized carbons (Fsp3) is 0.643. The van der Waals surface area contributed by atoms with Gasteiger partial charge in [0, 0.05) is 24.9 Å². The zero-order chi connectivity index (χ0) is 14.8. The van der Waals surface area contributed by atoms with Crippen molar-refractivity contribution in [3.05, 3.63) is 22.1 Å². The van der Waals surface area contributed by atoms with Crippen LogP contribution >= 0.6 is 11.3 Å². The van der Waals surface area contributed by atoms with E-state index in [9.17, 15) is 4.79 Å². The van der Waals surface area contributed by atoms with E-state index in [2.05, 4.69) is 15.4 Å². The molecule has 1 aliphatic carbocycles. The lowest BCUT2D eigenvalue weighted by molar-refractivity contribution is 0.0669. The minimum atomic E-state index is -0.112. The Morgan fingerprint density at radius 3 is 3.14 bits per heavy atom. The van der Waals surface area contributed by atoms with E-state index >= 15 is 0 Å². The molecule has 1 aliphatic rings. The summed E-state index contributed by atoms with van der Waals surface area (Å²) in [5.74, 6) is 0. The number of aromatic nitrogens is 3. The van der Waals surface area contributed by atoms with Crippen molar-refractivity contribution in [1.29, 1.82) is 0 Å². The van der Waals surface area contributed by atoms with Crippen molar-refractivity contribution in [3.63, 3.8) is 0 Å². The molecule has 3 rings (SSSR count). The second-order valence-corrected chi connectivity index (χ2v) is 6.36. The molecule has 1 fully saturated rings. The Hall–Kier alpha value is -1.47. The van der Waals surface area contributed by atoms with Crippen LogP contribution in [0.1, 0.15) is 38.3 Å². The van der Waals surface area contributed by atoms with Gasteiger partial charge in [-0.3, -0.25) is 4.79 Å². The van der Waals surface area contributed by atoms with E-state index in [1.807, 2.05) is 6.92 Å². The van der Waals surface area contributed by atoms with Crippen LogP contribution in [0.3, 0.4) is 0 Å². The summed E-state index contributed by atoms with van der Waals surface area (Å²) < 4.78 is 6.82. The van der Waals surface area contributed by atoms with Crippen LogP contribution in [0.15, 0.2) is 10.9 Å². The number of rotatable bonds is 4. The number of hydrogen-bond acceptors (Lipinski definition) is 6. The molecule has 0 bridgehead atoms. The third-order valence-corrected chi connectivity index (χ3v) is 4.79. The average Bonchev–Trinajstić information content (AvgIpc) is 2.90. The van der Waals surface area contributed by atoms with Crippen LogP contribution in [0, 0.1) is 0 Å². The lowest BCUT2D eigenvalue weighted by Crippen LogP contribution is -2.31. The number of hydrogen-bond donors (Lipinski definition) is 1. The van der Waals surface area contributed by atoms with Crippen molar-refractivity contribution in [3.8, 4) is 0 Å². The van der Waals surface area contributed by atoms with E-state index in [0.29, 0.717) is 17.1 Å². The Balaban J connectivity index is 1.81. The first-order chi connectivity index (χ1) is 10.2. The normalized spacial score (nSPS) is 22.6. The molecule has 2 aromatic heterocycles. The minimum absolute atomic E-state index is 0.112. The maximum atomic E-state index is 12.0. The highest BCUT2D eigenvalue weighted by Gasteiger charge is 2.22. The first-order valence-electron chi connectivity index (χ1n) is 7.38. The Morgan fingerprint density at radius 1 is 1.52 bits per heavy atom. The Kier molecular flexibility index (Phi) is 4.21. The molecule has 0 saturated heterocycles. The molecular formula is C14H20N4O2S. The average molecular weight is 308 g/mol. The van der Waals surface area contributed by atoms with Crippen molar-refractivity contribution in [2.24, 2.45) is 0 Å². The monoisotopic (exact) mass is 308 g/mol. The molecule has 0 amide bonds. The first kappa shape index (κ1) is 14.5. The number of nitrogens with zero attached hydrogens (tertiary/aromatic N) is 3. The SMILES string of the molecule is CCc1cc(=O)n2nc(NC3CCCC(OC)C3)sc2n1.